The Morgan fingerprint density at radius 2 is 1.91 bits per heavy atom. The Balaban J connectivity index is 1.47. The van der Waals surface area contributed by atoms with Gasteiger partial charge in [-0.1, -0.05) is 30.7 Å². The predicted octanol–water partition coefficient (Wildman–Crippen LogP) is 5.56. The van der Waals surface area contributed by atoms with E-state index >= 15 is 0 Å². The van der Waals surface area contributed by atoms with Gasteiger partial charge in [-0.3, -0.25) is 14.9 Å². The molecule has 4 rings (SSSR count). The van der Waals surface area contributed by atoms with Crippen LogP contribution < -0.4 is 15.4 Å². The highest BCUT2D eigenvalue weighted by molar-refractivity contribution is 7.80. The standard InChI is InChI=1S/C24H24ClN3O3S2/c1-14-9-11-28(12-10-14)23(30)16-5-3-4-6-18(16)26-24(32)27-22(29)21-20(25)17-8-7-15(31-2)13-19(17)33-21/h3-8,13-14H,9-12H2,1-2H3,(H2,26,27,29,32). The van der Waals surface area contributed by atoms with E-state index in [-0.39, 0.29) is 11.0 Å². The minimum Gasteiger partial charge on any atom is -0.497 e. The molecule has 1 aliphatic heterocycles. The largest absolute Gasteiger partial charge is 0.497 e. The van der Waals surface area contributed by atoms with Crippen molar-refractivity contribution in [2.75, 3.05) is 25.5 Å². The molecule has 0 saturated carbocycles. The fraction of sp³-hybridized carbons (Fsp3) is 0.292. The molecule has 0 unspecified atom stereocenters. The van der Waals surface area contributed by atoms with Gasteiger partial charge in [0.05, 0.1) is 23.4 Å². The number of benzene rings is 2. The molecule has 2 aromatic carbocycles. The highest BCUT2D eigenvalue weighted by Gasteiger charge is 2.24. The number of hydrogen-bond donors (Lipinski definition) is 2. The Morgan fingerprint density at radius 3 is 2.64 bits per heavy atom. The van der Waals surface area contributed by atoms with Gasteiger partial charge in [-0.15, -0.1) is 11.3 Å². The lowest BCUT2D eigenvalue weighted by atomic mass is 9.98. The van der Waals surface area contributed by atoms with Gasteiger partial charge in [0.2, 0.25) is 0 Å². The molecule has 2 N–H and O–H groups in total. The van der Waals surface area contributed by atoms with E-state index in [1.54, 1.807) is 25.3 Å². The van der Waals surface area contributed by atoms with Crippen LogP contribution in [0.15, 0.2) is 42.5 Å². The number of anilines is 1. The van der Waals surface area contributed by atoms with Crippen molar-refractivity contribution >= 4 is 67.9 Å². The number of thiocarbonyl (C=S) groups is 1. The summed E-state index contributed by atoms with van der Waals surface area (Å²) < 4.78 is 6.09. The van der Waals surface area contributed by atoms with Crippen LogP contribution in [0.25, 0.3) is 10.1 Å². The predicted molar refractivity (Wildman–Crippen MR) is 138 cm³/mol. The van der Waals surface area contributed by atoms with Gasteiger partial charge in [-0.25, -0.2) is 0 Å². The van der Waals surface area contributed by atoms with Crippen LogP contribution in [0.2, 0.25) is 5.02 Å². The number of ether oxygens (including phenoxy) is 1. The zero-order valence-corrected chi connectivity index (χ0v) is 20.7. The average Bonchev–Trinajstić information content (AvgIpc) is 3.15. The highest BCUT2D eigenvalue weighted by Crippen LogP contribution is 2.37. The second kappa shape index (κ2) is 10.1. The first kappa shape index (κ1) is 23.5. The van der Waals surface area contributed by atoms with E-state index in [0.29, 0.717) is 32.8 Å². The fourth-order valence-corrected chi connectivity index (χ4v) is 5.44. The first-order valence-electron chi connectivity index (χ1n) is 10.6. The number of fused-ring (bicyclic) bond motifs is 1. The van der Waals surface area contributed by atoms with Gasteiger partial charge >= 0.3 is 0 Å². The maximum Gasteiger partial charge on any atom is 0.269 e. The number of thiophene rings is 1. The van der Waals surface area contributed by atoms with E-state index in [9.17, 15) is 9.59 Å². The molecule has 9 heteroatoms. The van der Waals surface area contributed by atoms with Gasteiger partial charge in [0.25, 0.3) is 11.8 Å². The highest BCUT2D eigenvalue weighted by atomic mass is 35.5. The number of carbonyl (C=O) groups is 2. The number of nitrogens with zero attached hydrogens (tertiary/aromatic N) is 1. The third kappa shape index (κ3) is 5.13. The van der Waals surface area contributed by atoms with Gasteiger partial charge in [0, 0.05) is 23.2 Å². The maximum absolute atomic E-state index is 13.1. The van der Waals surface area contributed by atoms with E-state index in [1.165, 1.54) is 11.3 Å². The van der Waals surface area contributed by atoms with Crippen LogP contribution in [-0.4, -0.2) is 42.0 Å². The lowest BCUT2D eigenvalue weighted by Crippen LogP contribution is -2.39. The molecule has 3 aromatic rings. The van der Waals surface area contributed by atoms with Crippen LogP contribution in [-0.2, 0) is 0 Å². The number of piperidine rings is 1. The molecule has 1 aromatic heterocycles. The van der Waals surface area contributed by atoms with Crippen molar-refractivity contribution in [1.29, 1.82) is 0 Å². The van der Waals surface area contributed by atoms with Crippen LogP contribution >= 0.6 is 35.2 Å². The van der Waals surface area contributed by atoms with E-state index in [0.717, 1.165) is 36.0 Å². The normalized spacial score (nSPS) is 14.2. The summed E-state index contributed by atoms with van der Waals surface area (Å²) in [6.07, 6.45) is 2.00. The summed E-state index contributed by atoms with van der Waals surface area (Å²) in [4.78, 5) is 28.2. The number of rotatable bonds is 4. The second-order valence-corrected chi connectivity index (χ2v) is 9.87. The molecule has 1 aliphatic rings. The molecule has 6 nitrogen and oxygen atoms in total. The third-order valence-corrected chi connectivity index (χ3v) is 7.61. The number of nitrogens with one attached hydrogen (secondary N) is 2. The average molecular weight is 502 g/mol. The van der Waals surface area contributed by atoms with Crippen molar-refractivity contribution in [3.05, 3.63) is 57.9 Å². The monoisotopic (exact) mass is 501 g/mol. The zero-order chi connectivity index (χ0) is 23.5. The van der Waals surface area contributed by atoms with Crippen molar-refractivity contribution in [2.24, 2.45) is 5.92 Å². The van der Waals surface area contributed by atoms with Gasteiger partial charge in [0.1, 0.15) is 10.6 Å². The first-order chi connectivity index (χ1) is 15.9. The molecular formula is C24H24ClN3O3S2. The van der Waals surface area contributed by atoms with Gasteiger partial charge in [-0.05, 0) is 61.3 Å². The van der Waals surface area contributed by atoms with Gasteiger partial charge in [0.15, 0.2) is 5.11 Å². The SMILES string of the molecule is COc1ccc2c(Cl)c(C(=O)NC(=S)Nc3ccccc3C(=O)N3CCC(C)CC3)sc2c1. The summed E-state index contributed by atoms with van der Waals surface area (Å²) in [5.41, 5.74) is 1.08. The summed E-state index contributed by atoms with van der Waals surface area (Å²) >= 11 is 13.1. The number of likely N-dealkylation sites (tertiary alicyclic amines) is 1. The fourth-order valence-electron chi connectivity index (χ4n) is 3.79. The molecule has 0 radical (unpaired) electrons. The van der Waals surface area contributed by atoms with Crippen molar-refractivity contribution in [2.45, 2.75) is 19.8 Å². The van der Waals surface area contributed by atoms with Crippen LogP contribution in [0.1, 0.15) is 39.8 Å². The van der Waals surface area contributed by atoms with Crippen LogP contribution in [0.4, 0.5) is 5.69 Å². The molecule has 2 heterocycles. The Hall–Kier alpha value is -2.68. The molecule has 1 fully saturated rings. The molecule has 2 amide bonds. The number of methoxy groups -OCH3 is 1. The van der Waals surface area contributed by atoms with Crippen LogP contribution in [0, 0.1) is 5.92 Å². The number of halogens is 1. The van der Waals surface area contributed by atoms with Gasteiger partial charge in [-0.2, -0.15) is 0 Å². The van der Waals surface area contributed by atoms with Crippen molar-refractivity contribution in [3.8, 4) is 5.75 Å². The minimum absolute atomic E-state index is 0.0411. The summed E-state index contributed by atoms with van der Waals surface area (Å²) in [6.45, 7) is 3.69. The smallest absolute Gasteiger partial charge is 0.269 e. The molecule has 33 heavy (non-hydrogen) atoms. The summed E-state index contributed by atoms with van der Waals surface area (Å²) in [7, 11) is 1.59. The zero-order valence-electron chi connectivity index (χ0n) is 18.3. The molecule has 0 atom stereocenters. The van der Waals surface area contributed by atoms with E-state index in [4.69, 9.17) is 28.6 Å². The summed E-state index contributed by atoms with van der Waals surface area (Å²) in [5, 5.41) is 6.92. The number of para-hydroxylation sites is 1. The third-order valence-electron chi connectivity index (χ3n) is 5.75. The molecule has 172 valence electrons. The molecule has 0 aliphatic carbocycles. The van der Waals surface area contributed by atoms with Crippen molar-refractivity contribution < 1.29 is 14.3 Å². The molecule has 0 spiro atoms. The summed E-state index contributed by atoms with van der Waals surface area (Å²) in [6, 6.07) is 12.6. The first-order valence-corrected chi connectivity index (χ1v) is 12.2. The lowest BCUT2D eigenvalue weighted by Gasteiger charge is -2.30. The number of hydrogen-bond acceptors (Lipinski definition) is 5. The van der Waals surface area contributed by atoms with Gasteiger partial charge < -0.3 is 15.0 Å². The van der Waals surface area contributed by atoms with Crippen molar-refractivity contribution in [1.82, 2.24) is 10.2 Å². The van der Waals surface area contributed by atoms with E-state index in [1.807, 2.05) is 29.2 Å². The van der Waals surface area contributed by atoms with E-state index < -0.39 is 5.91 Å². The van der Waals surface area contributed by atoms with Crippen LogP contribution in [0.5, 0.6) is 5.75 Å². The Labute approximate surface area is 206 Å². The molecule has 1 saturated heterocycles. The van der Waals surface area contributed by atoms with Crippen molar-refractivity contribution in [3.63, 3.8) is 0 Å². The Bertz CT molecular complexity index is 1220. The Kier molecular flexibility index (Phi) is 7.17. The topological polar surface area (TPSA) is 70.7 Å². The quantitative estimate of drug-likeness (QED) is 0.458. The summed E-state index contributed by atoms with van der Waals surface area (Å²) in [5.74, 6) is 0.869. The minimum atomic E-state index is -0.411. The molecule has 0 bridgehead atoms. The number of carbonyl (C=O) groups excluding carboxylic acids is 2. The second-order valence-electron chi connectivity index (χ2n) is 8.04. The van der Waals surface area contributed by atoms with Crippen LogP contribution in [0.3, 0.4) is 0 Å². The Morgan fingerprint density at radius 1 is 1.18 bits per heavy atom. The maximum atomic E-state index is 13.1. The molecular weight excluding hydrogens is 478 g/mol. The number of amides is 2. The lowest BCUT2D eigenvalue weighted by molar-refractivity contribution is 0.0698. The van der Waals surface area contributed by atoms with E-state index in [2.05, 4.69) is 17.6 Å².